The zero-order valence-electron chi connectivity index (χ0n) is 15.8. The van der Waals surface area contributed by atoms with E-state index in [2.05, 4.69) is 5.32 Å². The molecule has 160 valence electrons. The van der Waals surface area contributed by atoms with Crippen LogP contribution < -0.4 is 5.32 Å². The van der Waals surface area contributed by atoms with Crippen molar-refractivity contribution in [3.63, 3.8) is 0 Å². The standard InChI is InChI=1S/C20H19ClF3N3O3/c21-13-2-1-3-26-9-16(13)27-8-10(4-17(28)18(27)20(26)30)19(29)25-7-12-14(23)5-11(22)6-15(12)24/h5-6,8,13,16,28H,1-4,7,9H2,(H,25,29). The van der Waals surface area contributed by atoms with Crippen molar-refractivity contribution in [2.24, 2.45) is 0 Å². The molecule has 1 aromatic carbocycles. The van der Waals surface area contributed by atoms with E-state index in [0.717, 1.165) is 6.42 Å². The molecule has 0 saturated carbocycles. The van der Waals surface area contributed by atoms with Crippen molar-refractivity contribution in [2.45, 2.75) is 37.2 Å². The first-order valence-electron chi connectivity index (χ1n) is 9.52. The highest BCUT2D eigenvalue weighted by Crippen LogP contribution is 2.35. The smallest absolute Gasteiger partial charge is 0.274 e. The zero-order valence-corrected chi connectivity index (χ0v) is 16.6. The van der Waals surface area contributed by atoms with Crippen molar-refractivity contribution in [1.29, 1.82) is 0 Å². The van der Waals surface area contributed by atoms with Crippen LogP contribution in [0.2, 0.25) is 0 Å². The highest BCUT2D eigenvalue weighted by Gasteiger charge is 2.44. The second-order valence-electron chi connectivity index (χ2n) is 7.54. The number of carbonyl (C=O) groups excluding carboxylic acids is 2. The van der Waals surface area contributed by atoms with E-state index >= 15 is 0 Å². The predicted octanol–water partition coefficient (Wildman–Crippen LogP) is 2.69. The third-order valence-electron chi connectivity index (χ3n) is 5.59. The number of halogens is 4. The normalized spacial score (nSPS) is 23.7. The third-order valence-corrected chi connectivity index (χ3v) is 6.10. The molecule has 2 fully saturated rings. The van der Waals surface area contributed by atoms with Gasteiger partial charge in [-0.1, -0.05) is 0 Å². The number of nitrogens with zero attached hydrogens (tertiary/aromatic N) is 2. The van der Waals surface area contributed by atoms with Gasteiger partial charge in [0.2, 0.25) is 5.91 Å². The van der Waals surface area contributed by atoms with Gasteiger partial charge in [-0.15, -0.1) is 11.6 Å². The summed E-state index contributed by atoms with van der Waals surface area (Å²) in [5.74, 6) is -4.52. The summed E-state index contributed by atoms with van der Waals surface area (Å²) in [6.07, 6.45) is 2.68. The number of hydrogen-bond acceptors (Lipinski definition) is 4. The number of fused-ring (bicyclic) bond motifs is 4. The van der Waals surface area contributed by atoms with Gasteiger partial charge < -0.3 is 20.2 Å². The maximum Gasteiger partial charge on any atom is 0.274 e. The largest absolute Gasteiger partial charge is 0.510 e. The summed E-state index contributed by atoms with van der Waals surface area (Å²) < 4.78 is 40.6. The Labute approximate surface area is 175 Å². The third kappa shape index (κ3) is 3.62. The summed E-state index contributed by atoms with van der Waals surface area (Å²) in [4.78, 5) is 28.5. The number of aliphatic hydroxyl groups excluding tert-OH is 1. The maximum atomic E-state index is 13.8. The van der Waals surface area contributed by atoms with Crippen molar-refractivity contribution >= 4 is 23.4 Å². The van der Waals surface area contributed by atoms with Gasteiger partial charge in [-0.05, 0) is 12.8 Å². The second-order valence-corrected chi connectivity index (χ2v) is 8.10. The summed E-state index contributed by atoms with van der Waals surface area (Å²) in [5.41, 5.74) is -0.255. The number of hydrogen-bond donors (Lipinski definition) is 2. The van der Waals surface area contributed by atoms with Gasteiger partial charge in [0, 0.05) is 55.5 Å². The Morgan fingerprint density at radius 2 is 1.97 bits per heavy atom. The van der Waals surface area contributed by atoms with Crippen LogP contribution in [0, 0.1) is 17.5 Å². The van der Waals surface area contributed by atoms with Crippen LogP contribution in [0.4, 0.5) is 13.2 Å². The molecule has 0 aromatic heterocycles. The fraction of sp³-hybridized carbons (Fsp3) is 0.400. The van der Waals surface area contributed by atoms with Gasteiger partial charge in [0.25, 0.3) is 5.91 Å². The quantitative estimate of drug-likeness (QED) is 0.707. The zero-order chi connectivity index (χ0) is 21.6. The van der Waals surface area contributed by atoms with Crippen molar-refractivity contribution < 1.29 is 27.9 Å². The number of aliphatic hydroxyl groups is 1. The van der Waals surface area contributed by atoms with E-state index in [1.54, 1.807) is 4.90 Å². The van der Waals surface area contributed by atoms with Gasteiger partial charge >= 0.3 is 0 Å². The van der Waals surface area contributed by atoms with Crippen LogP contribution in [-0.2, 0) is 16.1 Å². The highest BCUT2D eigenvalue weighted by atomic mass is 35.5. The number of alkyl halides is 1. The molecular formula is C20H19ClF3N3O3. The minimum Gasteiger partial charge on any atom is -0.510 e. The summed E-state index contributed by atoms with van der Waals surface area (Å²) >= 11 is 6.49. The van der Waals surface area contributed by atoms with E-state index < -0.39 is 35.5 Å². The number of nitrogens with one attached hydrogen (secondary N) is 1. The van der Waals surface area contributed by atoms with Crippen molar-refractivity contribution in [3.05, 3.63) is 58.4 Å². The summed E-state index contributed by atoms with van der Waals surface area (Å²) in [6, 6.07) is 0.755. The molecule has 2 unspecified atom stereocenters. The Balaban J connectivity index is 1.55. The fourth-order valence-corrected chi connectivity index (χ4v) is 4.40. The monoisotopic (exact) mass is 441 g/mol. The van der Waals surface area contributed by atoms with Crippen molar-refractivity contribution in [1.82, 2.24) is 15.1 Å². The number of benzene rings is 1. The number of carbonyl (C=O) groups is 2. The van der Waals surface area contributed by atoms with Crippen LogP contribution >= 0.6 is 11.6 Å². The van der Waals surface area contributed by atoms with Crippen LogP contribution in [0.15, 0.2) is 35.4 Å². The van der Waals surface area contributed by atoms with Crippen molar-refractivity contribution in [3.8, 4) is 0 Å². The Kier molecular flexibility index (Phi) is 5.40. The second kappa shape index (κ2) is 7.86. The first kappa shape index (κ1) is 20.6. The Morgan fingerprint density at radius 1 is 1.27 bits per heavy atom. The van der Waals surface area contributed by atoms with E-state index in [-0.39, 0.29) is 40.8 Å². The van der Waals surface area contributed by atoms with Crippen LogP contribution in [-0.4, -0.2) is 51.2 Å². The molecule has 0 radical (unpaired) electrons. The van der Waals surface area contributed by atoms with Gasteiger partial charge in [-0.3, -0.25) is 9.59 Å². The minimum atomic E-state index is -1.11. The Morgan fingerprint density at radius 3 is 2.67 bits per heavy atom. The predicted molar refractivity (Wildman–Crippen MR) is 102 cm³/mol. The first-order chi connectivity index (χ1) is 14.3. The molecule has 10 heteroatoms. The molecule has 4 rings (SSSR count). The van der Waals surface area contributed by atoms with Gasteiger partial charge in [-0.2, -0.15) is 0 Å². The van der Waals surface area contributed by atoms with Gasteiger partial charge in [0.15, 0.2) is 0 Å². The molecule has 0 spiro atoms. The number of piperazine rings is 1. The molecule has 0 aliphatic carbocycles. The van der Waals surface area contributed by atoms with Gasteiger partial charge in [-0.25, -0.2) is 13.2 Å². The topological polar surface area (TPSA) is 72.9 Å². The molecule has 3 heterocycles. The van der Waals surface area contributed by atoms with E-state index in [1.165, 1.54) is 11.1 Å². The van der Waals surface area contributed by atoms with Crippen LogP contribution in [0.25, 0.3) is 0 Å². The van der Waals surface area contributed by atoms with E-state index in [1.807, 2.05) is 0 Å². The number of allylic oxidation sites excluding steroid dienone is 1. The van der Waals surface area contributed by atoms with Gasteiger partial charge in [0.05, 0.1) is 11.4 Å². The maximum absolute atomic E-state index is 13.8. The average molecular weight is 442 g/mol. The highest BCUT2D eigenvalue weighted by molar-refractivity contribution is 6.21. The molecule has 2 N–H and O–H groups in total. The molecule has 1 aromatic rings. The SMILES string of the molecule is O=C(NCc1c(F)cc(F)cc1F)C1=CN2C(=C(O)C1)C(=O)N1CCCC(Cl)C2C1. The summed E-state index contributed by atoms with van der Waals surface area (Å²) in [7, 11) is 0. The lowest BCUT2D eigenvalue weighted by Crippen LogP contribution is -2.55. The fourth-order valence-electron chi connectivity index (χ4n) is 4.05. The Bertz CT molecular complexity index is 958. The average Bonchev–Trinajstić information content (AvgIpc) is 2.84. The molecule has 3 aliphatic rings. The van der Waals surface area contributed by atoms with Gasteiger partial charge in [0.1, 0.15) is 28.9 Å². The van der Waals surface area contributed by atoms with Crippen LogP contribution in [0.3, 0.4) is 0 Å². The first-order valence-corrected chi connectivity index (χ1v) is 9.96. The molecule has 2 atom stereocenters. The van der Waals surface area contributed by atoms with Crippen LogP contribution in [0.5, 0.6) is 0 Å². The lowest BCUT2D eigenvalue weighted by molar-refractivity contribution is -0.132. The summed E-state index contributed by atoms with van der Waals surface area (Å²) in [6.45, 7) is 0.427. The molecule has 2 bridgehead atoms. The van der Waals surface area contributed by atoms with Crippen molar-refractivity contribution in [2.75, 3.05) is 13.1 Å². The molecule has 30 heavy (non-hydrogen) atoms. The van der Waals surface area contributed by atoms with E-state index in [9.17, 15) is 27.9 Å². The number of amides is 2. The Hall–Kier alpha value is -2.68. The molecule has 2 amide bonds. The van der Waals surface area contributed by atoms with E-state index in [0.29, 0.717) is 31.6 Å². The summed E-state index contributed by atoms with van der Waals surface area (Å²) in [5, 5.41) is 12.6. The molecular weight excluding hydrogens is 423 g/mol. The molecule has 6 nitrogen and oxygen atoms in total. The van der Waals surface area contributed by atoms with E-state index in [4.69, 9.17) is 11.6 Å². The number of rotatable bonds is 3. The minimum absolute atomic E-state index is 0.103. The lowest BCUT2D eigenvalue weighted by atomic mass is 9.99. The lowest BCUT2D eigenvalue weighted by Gasteiger charge is -2.43. The van der Waals surface area contributed by atoms with Crippen LogP contribution in [0.1, 0.15) is 24.8 Å². The molecule has 2 saturated heterocycles. The molecule has 3 aliphatic heterocycles.